The van der Waals surface area contributed by atoms with E-state index >= 15 is 0 Å². The second-order valence-corrected chi connectivity index (χ2v) is 6.98. The molecule has 0 saturated carbocycles. The number of amides is 1. The molecule has 2 saturated heterocycles. The summed E-state index contributed by atoms with van der Waals surface area (Å²) in [4.78, 5) is 25.1. The molecule has 6 nitrogen and oxygen atoms in total. The molecule has 2 aliphatic rings. The minimum atomic E-state index is -0.00564. The number of carbonyl (C=O) groups is 1. The fourth-order valence-corrected chi connectivity index (χ4v) is 3.89. The molecule has 2 fully saturated rings. The minimum Gasteiger partial charge on any atom is -0.472 e. The first kappa shape index (κ1) is 15.4. The summed E-state index contributed by atoms with van der Waals surface area (Å²) in [5, 5.41) is 3.82. The smallest absolute Gasteiger partial charge is 0.254 e. The zero-order valence-corrected chi connectivity index (χ0v) is 14.2. The number of hydrogen-bond acceptors (Lipinski definition) is 6. The third kappa shape index (κ3) is 3.21. The van der Waals surface area contributed by atoms with Gasteiger partial charge in [0.2, 0.25) is 5.88 Å². The van der Waals surface area contributed by atoms with Crippen molar-refractivity contribution in [3.8, 4) is 5.88 Å². The lowest BCUT2D eigenvalue weighted by atomic mass is 10.3. The fourth-order valence-electron chi connectivity index (χ4n) is 3.26. The minimum absolute atomic E-state index is 0.00564. The first-order valence-corrected chi connectivity index (χ1v) is 9.29. The molecule has 0 unspecified atom stereocenters. The summed E-state index contributed by atoms with van der Waals surface area (Å²) >= 11 is 1.54. The third-order valence-corrected chi connectivity index (χ3v) is 5.23. The molecule has 0 radical (unpaired) electrons. The summed E-state index contributed by atoms with van der Waals surface area (Å²) in [5.41, 5.74) is 0.763. The topological polar surface area (TPSA) is 58.6 Å². The normalized spacial score (nSPS) is 20.6. The van der Waals surface area contributed by atoms with Crippen molar-refractivity contribution in [2.24, 2.45) is 0 Å². The summed E-state index contributed by atoms with van der Waals surface area (Å²) in [5.74, 6) is 1.62. The second-order valence-electron chi connectivity index (χ2n) is 6.20. The van der Waals surface area contributed by atoms with Gasteiger partial charge < -0.3 is 14.5 Å². The monoisotopic (exact) mass is 344 g/mol. The number of ether oxygens (including phenoxy) is 1. The lowest BCUT2D eigenvalue weighted by molar-refractivity contribution is 0.0771. The molecule has 0 bridgehead atoms. The van der Waals surface area contributed by atoms with E-state index in [-0.39, 0.29) is 12.0 Å². The fraction of sp³-hybridized carbons (Fsp3) is 0.471. The lowest BCUT2D eigenvalue weighted by Crippen LogP contribution is -2.30. The van der Waals surface area contributed by atoms with Crippen molar-refractivity contribution < 1.29 is 9.53 Å². The van der Waals surface area contributed by atoms with Gasteiger partial charge in [0, 0.05) is 37.5 Å². The Kier molecular flexibility index (Phi) is 4.34. The van der Waals surface area contributed by atoms with Crippen LogP contribution in [0.2, 0.25) is 0 Å². The SMILES string of the molecule is O=C(c1ccsc1)N1CC[C@H](Oc2cc(N3CCCC3)ncn2)C1. The molecule has 24 heavy (non-hydrogen) atoms. The maximum atomic E-state index is 12.4. The Morgan fingerprint density at radius 1 is 1.25 bits per heavy atom. The average molecular weight is 344 g/mol. The standard InChI is InChI=1S/C17H20N4O2S/c22-17(13-4-8-24-11-13)21-7-3-14(10-21)23-16-9-15(18-12-19-16)20-5-1-2-6-20/h4,8-9,11-12,14H,1-3,5-7,10H2/t14-/m0/s1. The Labute approximate surface area is 145 Å². The van der Waals surface area contributed by atoms with Crippen LogP contribution in [0, 0.1) is 0 Å². The van der Waals surface area contributed by atoms with E-state index in [9.17, 15) is 4.79 Å². The summed E-state index contributed by atoms with van der Waals surface area (Å²) < 4.78 is 6.00. The van der Waals surface area contributed by atoms with E-state index in [0.717, 1.165) is 37.4 Å². The molecule has 4 heterocycles. The summed E-state index contributed by atoms with van der Waals surface area (Å²) in [7, 11) is 0. The molecule has 2 aliphatic heterocycles. The second kappa shape index (κ2) is 6.76. The van der Waals surface area contributed by atoms with Crippen molar-refractivity contribution in [2.75, 3.05) is 31.1 Å². The Hall–Kier alpha value is -2.15. The summed E-state index contributed by atoms with van der Waals surface area (Å²) in [6.07, 6.45) is 4.81. The van der Waals surface area contributed by atoms with Gasteiger partial charge >= 0.3 is 0 Å². The molecule has 2 aromatic rings. The van der Waals surface area contributed by atoms with Crippen LogP contribution in [0.5, 0.6) is 5.88 Å². The maximum Gasteiger partial charge on any atom is 0.254 e. The van der Waals surface area contributed by atoms with Crippen molar-refractivity contribution in [3.05, 3.63) is 34.8 Å². The predicted octanol–water partition coefficient (Wildman–Crippen LogP) is 2.43. The quantitative estimate of drug-likeness (QED) is 0.853. The van der Waals surface area contributed by atoms with Crippen LogP contribution in [0.15, 0.2) is 29.2 Å². The number of carbonyl (C=O) groups excluding carboxylic acids is 1. The van der Waals surface area contributed by atoms with E-state index in [2.05, 4.69) is 14.9 Å². The number of thiophene rings is 1. The zero-order valence-electron chi connectivity index (χ0n) is 13.4. The Bertz CT molecular complexity index is 700. The molecule has 0 spiro atoms. The van der Waals surface area contributed by atoms with Gasteiger partial charge in [0.15, 0.2) is 0 Å². The van der Waals surface area contributed by atoms with E-state index in [1.54, 1.807) is 17.7 Å². The Balaban J connectivity index is 1.38. The van der Waals surface area contributed by atoms with Crippen molar-refractivity contribution >= 4 is 23.1 Å². The molecular formula is C17H20N4O2S. The highest BCUT2D eigenvalue weighted by Crippen LogP contribution is 2.23. The van der Waals surface area contributed by atoms with E-state index < -0.39 is 0 Å². The molecule has 2 aromatic heterocycles. The van der Waals surface area contributed by atoms with Crippen molar-refractivity contribution in [3.63, 3.8) is 0 Å². The van der Waals surface area contributed by atoms with Gasteiger partial charge in [0.05, 0.1) is 12.1 Å². The maximum absolute atomic E-state index is 12.4. The molecule has 1 amide bonds. The van der Waals surface area contributed by atoms with Gasteiger partial charge in [-0.15, -0.1) is 0 Å². The molecule has 126 valence electrons. The van der Waals surface area contributed by atoms with Gasteiger partial charge in [-0.25, -0.2) is 9.97 Å². The number of hydrogen-bond donors (Lipinski definition) is 0. The van der Waals surface area contributed by atoms with Gasteiger partial charge in [-0.05, 0) is 24.3 Å². The van der Waals surface area contributed by atoms with Gasteiger partial charge in [-0.3, -0.25) is 4.79 Å². The first-order valence-electron chi connectivity index (χ1n) is 8.35. The number of anilines is 1. The number of rotatable bonds is 4. The lowest BCUT2D eigenvalue weighted by Gasteiger charge is -2.18. The third-order valence-electron chi connectivity index (χ3n) is 4.55. The number of aromatic nitrogens is 2. The summed E-state index contributed by atoms with van der Waals surface area (Å²) in [6.45, 7) is 3.42. The molecule has 1 atom stereocenters. The predicted molar refractivity (Wildman–Crippen MR) is 92.7 cm³/mol. The van der Waals surface area contributed by atoms with Crippen LogP contribution >= 0.6 is 11.3 Å². The molecule has 0 aromatic carbocycles. The largest absolute Gasteiger partial charge is 0.472 e. The Morgan fingerprint density at radius 3 is 2.92 bits per heavy atom. The first-order chi connectivity index (χ1) is 11.8. The van der Waals surface area contributed by atoms with Crippen LogP contribution in [0.3, 0.4) is 0 Å². The molecule has 0 N–H and O–H groups in total. The molecule has 7 heteroatoms. The van der Waals surface area contributed by atoms with Crippen molar-refractivity contribution in [1.29, 1.82) is 0 Å². The van der Waals surface area contributed by atoms with Gasteiger partial charge in [0.25, 0.3) is 5.91 Å². The van der Waals surface area contributed by atoms with E-state index in [4.69, 9.17) is 4.74 Å². The number of nitrogens with zero attached hydrogens (tertiary/aromatic N) is 4. The van der Waals surface area contributed by atoms with Crippen molar-refractivity contribution in [1.82, 2.24) is 14.9 Å². The highest BCUT2D eigenvalue weighted by molar-refractivity contribution is 7.08. The highest BCUT2D eigenvalue weighted by atomic mass is 32.1. The van der Waals surface area contributed by atoms with Crippen LogP contribution in [-0.2, 0) is 0 Å². The van der Waals surface area contributed by atoms with Crippen LogP contribution in [0.1, 0.15) is 29.6 Å². The van der Waals surface area contributed by atoms with Crippen LogP contribution < -0.4 is 9.64 Å². The van der Waals surface area contributed by atoms with Crippen molar-refractivity contribution in [2.45, 2.75) is 25.4 Å². The zero-order chi connectivity index (χ0) is 16.4. The molecular weight excluding hydrogens is 324 g/mol. The highest BCUT2D eigenvalue weighted by Gasteiger charge is 2.29. The average Bonchev–Trinajstić information content (AvgIpc) is 3.36. The van der Waals surface area contributed by atoms with Crippen LogP contribution in [-0.4, -0.2) is 53.1 Å². The number of likely N-dealkylation sites (tertiary alicyclic amines) is 1. The molecule has 0 aliphatic carbocycles. The van der Waals surface area contributed by atoms with Crippen LogP contribution in [0.25, 0.3) is 0 Å². The van der Waals surface area contributed by atoms with Crippen LogP contribution in [0.4, 0.5) is 5.82 Å². The van der Waals surface area contributed by atoms with Gasteiger partial charge in [0.1, 0.15) is 18.2 Å². The van der Waals surface area contributed by atoms with E-state index in [1.807, 2.05) is 27.8 Å². The van der Waals surface area contributed by atoms with Gasteiger partial charge in [-0.1, -0.05) is 0 Å². The molecule has 4 rings (SSSR count). The summed E-state index contributed by atoms with van der Waals surface area (Å²) in [6, 6.07) is 3.78. The van der Waals surface area contributed by atoms with E-state index in [1.165, 1.54) is 12.8 Å². The Morgan fingerprint density at radius 2 is 2.12 bits per heavy atom. The van der Waals surface area contributed by atoms with Gasteiger partial charge in [-0.2, -0.15) is 11.3 Å². The van der Waals surface area contributed by atoms with E-state index in [0.29, 0.717) is 12.4 Å².